The largest absolute Gasteiger partial charge is 0.392 e. The van der Waals surface area contributed by atoms with E-state index in [4.69, 9.17) is 18.0 Å². The number of nitrogens with two attached hydrogens (primary N) is 1. The summed E-state index contributed by atoms with van der Waals surface area (Å²) in [6.45, 7) is 2.14. The highest BCUT2D eigenvalue weighted by atomic mass is 32.1. The molecule has 0 aromatic rings. The van der Waals surface area contributed by atoms with Gasteiger partial charge in [0, 0.05) is 6.04 Å². The Kier molecular flexibility index (Phi) is 2.26. The van der Waals surface area contributed by atoms with Crippen LogP contribution in [0.2, 0.25) is 0 Å². The van der Waals surface area contributed by atoms with Crippen molar-refractivity contribution in [2.24, 2.45) is 17.1 Å². The van der Waals surface area contributed by atoms with Gasteiger partial charge in [0.2, 0.25) is 5.91 Å². The van der Waals surface area contributed by atoms with Crippen molar-refractivity contribution in [3.63, 3.8) is 0 Å². The summed E-state index contributed by atoms with van der Waals surface area (Å²) < 4.78 is 0. The predicted octanol–water partition coefficient (Wildman–Crippen LogP) is 0.967. The molecule has 2 saturated carbocycles. The average Bonchev–Trinajstić information content (AvgIpc) is 2.61. The fraction of sp³-hybridized carbons (Fsp3) is 0.800. The predicted molar refractivity (Wildman–Crippen MR) is 58.8 cm³/mol. The second-order valence-electron chi connectivity index (χ2n) is 4.59. The van der Waals surface area contributed by atoms with Crippen LogP contribution in [-0.4, -0.2) is 16.9 Å². The van der Waals surface area contributed by atoms with Gasteiger partial charge in [0.05, 0.1) is 10.4 Å². The van der Waals surface area contributed by atoms with Crippen LogP contribution >= 0.6 is 12.2 Å². The Labute approximate surface area is 89.4 Å². The Bertz CT molecular complexity index is 286. The third-order valence-corrected chi connectivity index (χ3v) is 3.93. The van der Waals surface area contributed by atoms with Crippen molar-refractivity contribution in [2.45, 2.75) is 38.6 Å². The maximum atomic E-state index is 11.9. The molecule has 2 unspecified atom stereocenters. The first kappa shape index (κ1) is 9.90. The molecule has 3 nitrogen and oxygen atoms in total. The van der Waals surface area contributed by atoms with E-state index in [9.17, 15) is 4.79 Å². The quantitative estimate of drug-likeness (QED) is 0.685. The minimum Gasteiger partial charge on any atom is -0.392 e. The van der Waals surface area contributed by atoms with Crippen LogP contribution < -0.4 is 11.1 Å². The van der Waals surface area contributed by atoms with E-state index in [0.717, 1.165) is 25.7 Å². The van der Waals surface area contributed by atoms with Gasteiger partial charge in [-0.2, -0.15) is 0 Å². The van der Waals surface area contributed by atoms with Gasteiger partial charge in [-0.05, 0) is 25.2 Å². The summed E-state index contributed by atoms with van der Waals surface area (Å²) in [5, 5.41) is 3.02. The molecular formula is C10H16N2OS. The Morgan fingerprint density at radius 3 is 2.43 bits per heavy atom. The summed E-state index contributed by atoms with van der Waals surface area (Å²) in [6.07, 6.45) is 3.81. The van der Waals surface area contributed by atoms with Crippen molar-refractivity contribution < 1.29 is 4.79 Å². The number of rotatable bonds is 3. The molecule has 0 saturated heterocycles. The molecule has 2 aliphatic carbocycles. The van der Waals surface area contributed by atoms with Crippen molar-refractivity contribution >= 4 is 23.1 Å². The van der Waals surface area contributed by atoms with E-state index in [1.54, 1.807) is 0 Å². The number of hydrogen-bond donors (Lipinski definition) is 2. The highest BCUT2D eigenvalue weighted by Gasteiger charge is 2.49. The summed E-state index contributed by atoms with van der Waals surface area (Å²) in [5.74, 6) is 0.688. The van der Waals surface area contributed by atoms with Crippen LogP contribution in [0.4, 0.5) is 0 Å². The van der Waals surface area contributed by atoms with Crippen molar-refractivity contribution in [3.8, 4) is 0 Å². The number of nitrogens with one attached hydrogen (secondary N) is 1. The Morgan fingerprint density at radius 1 is 1.57 bits per heavy atom. The van der Waals surface area contributed by atoms with Crippen LogP contribution in [0.15, 0.2) is 0 Å². The van der Waals surface area contributed by atoms with Crippen LogP contribution in [-0.2, 0) is 4.79 Å². The van der Waals surface area contributed by atoms with E-state index in [2.05, 4.69) is 12.2 Å². The summed E-state index contributed by atoms with van der Waals surface area (Å²) in [4.78, 5) is 12.3. The summed E-state index contributed by atoms with van der Waals surface area (Å²) in [6, 6.07) is 0.370. The summed E-state index contributed by atoms with van der Waals surface area (Å²) >= 11 is 4.98. The van der Waals surface area contributed by atoms with Gasteiger partial charge in [-0.15, -0.1) is 0 Å². The van der Waals surface area contributed by atoms with Crippen LogP contribution in [0.5, 0.6) is 0 Å². The summed E-state index contributed by atoms with van der Waals surface area (Å²) in [7, 11) is 0. The number of amides is 1. The molecule has 14 heavy (non-hydrogen) atoms. The molecule has 0 aromatic carbocycles. The van der Waals surface area contributed by atoms with Gasteiger partial charge in [-0.25, -0.2) is 0 Å². The molecule has 2 rings (SSSR count). The highest BCUT2D eigenvalue weighted by Crippen LogP contribution is 2.42. The normalized spacial score (nSPS) is 32.9. The monoisotopic (exact) mass is 212 g/mol. The molecule has 78 valence electrons. The van der Waals surface area contributed by atoms with Gasteiger partial charge in [-0.1, -0.05) is 25.6 Å². The third kappa shape index (κ3) is 1.41. The number of thiocarbonyl (C=S) groups is 1. The molecular weight excluding hydrogens is 196 g/mol. The van der Waals surface area contributed by atoms with Crippen molar-refractivity contribution in [2.75, 3.05) is 0 Å². The maximum absolute atomic E-state index is 11.9. The fourth-order valence-electron chi connectivity index (χ4n) is 1.95. The van der Waals surface area contributed by atoms with E-state index in [1.807, 2.05) is 0 Å². The van der Waals surface area contributed by atoms with Crippen LogP contribution in [0.25, 0.3) is 0 Å². The van der Waals surface area contributed by atoms with E-state index in [0.29, 0.717) is 16.9 Å². The molecule has 1 amide bonds. The van der Waals surface area contributed by atoms with Gasteiger partial charge in [0.25, 0.3) is 0 Å². The smallest absolute Gasteiger partial charge is 0.233 e. The van der Waals surface area contributed by atoms with Crippen LogP contribution in [0, 0.1) is 11.3 Å². The van der Waals surface area contributed by atoms with E-state index >= 15 is 0 Å². The highest BCUT2D eigenvalue weighted by molar-refractivity contribution is 7.80. The SMILES string of the molecule is CC1CC1NC(=O)C1(C(N)=S)CCC1. The Balaban J connectivity index is 1.98. The van der Waals surface area contributed by atoms with E-state index < -0.39 is 5.41 Å². The molecule has 0 bridgehead atoms. The third-order valence-electron chi connectivity index (χ3n) is 3.54. The second-order valence-corrected chi connectivity index (χ2v) is 5.03. The minimum absolute atomic E-state index is 0.0607. The molecule has 0 aromatic heterocycles. The molecule has 0 spiro atoms. The molecule has 0 aliphatic heterocycles. The maximum Gasteiger partial charge on any atom is 0.233 e. The zero-order valence-corrected chi connectivity index (χ0v) is 9.19. The molecule has 2 atom stereocenters. The lowest BCUT2D eigenvalue weighted by molar-refractivity contribution is -0.131. The van der Waals surface area contributed by atoms with Gasteiger partial charge >= 0.3 is 0 Å². The molecule has 0 heterocycles. The van der Waals surface area contributed by atoms with Crippen molar-refractivity contribution in [1.29, 1.82) is 0 Å². The first-order valence-corrected chi connectivity index (χ1v) is 5.58. The van der Waals surface area contributed by atoms with Crippen LogP contribution in [0.1, 0.15) is 32.6 Å². The van der Waals surface area contributed by atoms with E-state index in [-0.39, 0.29) is 5.91 Å². The van der Waals surface area contributed by atoms with Crippen molar-refractivity contribution in [1.82, 2.24) is 5.32 Å². The lowest BCUT2D eigenvalue weighted by atomic mass is 9.68. The summed E-state index contributed by atoms with van der Waals surface area (Å²) in [5.41, 5.74) is 5.13. The second kappa shape index (κ2) is 3.19. The molecule has 4 heteroatoms. The number of carbonyl (C=O) groups is 1. The van der Waals surface area contributed by atoms with E-state index in [1.165, 1.54) is 0 Å². The number of hydrogen-bond acceptors (Lipinski definition) is 2. The first-order chi connectivity index (χ1) is 6.56. The van der Waals surface area contributed by atoms with Crippen LogP contribution in [0.3, 0.4) is 0 Å². The standard InChI is InChI=1S/C10H16N2OS/c1-6-5-7(6)12-9(13)10(8(11)14)3-2-4-10/h6-7H,2-5H2,1H3,(H2,11,14)(H,12,13). The minimum atomic E-state index is -0.502. The topological polar surface area (TPSA) is 55.1 Å². The molecule has 2 aliphatic rings. The lowest BCUT2D eigenvalue weighted by Gasteiger charge is -2.39. The lowest BCUT2D eigenvalue weighted by Crippen LogP contribution is -2.53. The van der Waals surface area contributed by atoms with Gasteiger partial charge < -0.3 is 11.1 Å². The number of carbonyl (C=O) groups excluding carboxylic acids is 1. The fourth-order valence-corrected chi connectivity index (χ4v) is 2.24. The van der Waals surface area contributed by atoms with Gasteiger partial charge in [0.1, 0.15) is 0 Å². The van der Waals surface area contributed by atoms with Gasteiger partial charge in [0.15, 0.2) is 0 Å². The van der Waals surface area contributed by atoms with Gasteiger partial charge in [-0.3, -0.25) is 4.79 Å². The zero-order chi connectivity index (χ0) is 10.3. The molecule has 3 N–H and O–H groups in total. The van der Waals surface area contributed by atoms with Crippen molar-refractivity contribution in [3.05, 3.63) is 0 Å². The Morgan fingerprint density at radius 2 is 2.14 bits per heavy atom. The zero-order valence-electron chi connectivity index (χ0n) is 8.38. The molecule has 2 fully saturated rings. The molecule has 0 radical (unpaired) electrons. The first-order valence-electron chi connectivity index (χ1n) is 5.17. The Hall–Kier alpha value is -0.640. The average molecular weight is 212 g/mol.